The van der Waals surface area contributed by atoms with E-state index in [2.05, 4.69) is 0 Å². The quantitative estimate of drug-likeness (QED) is 0.623. The standard InChI is InChI=1S/C10H13NO5/c1-4(12)7-6-3-16-5(2)8(10(14)15)11(6)9(7)13/h4,6-7,12H,3H2,1-2H3,(H,14,15)/t4-,6+,7+/m0/s1. The first-order chi connectivity index (χ1) is 7.45. The number of amides is 1. The lowest BCUT2D eigenvalue weighted by Crippen LogP contribution is -2.67. The molecule has 0 aromatic heterocycles. The zero-order valence-corrected chi connectivity index (χ0v) is 9.01. The van der Waals surface area contributed by atoms with E-state index in [1.807, 2.05) is 0 Å². The molecule has 3 atom stereocenters. The Kier molecular flexibility index (Phi) is 2.38. The van der Waals surface area contributed by atoms with Gasteiger partial charge in [0.1, 0.15) is 12.4 Å². The molecule has 88 valence electrons. The van der Waals surface area contributed by atoms with Crippen LogP contribution in [0.15, 0.2) is 11.5 Å². The molecule has 1 saturated heterocycles. The molecule has 6 heteroatoms. The van der Waals surface area contributed by atoms with Crippen molar-refractivity contribution in [3.05, 3.63) is 11.5 Å². The number of β-lactam (4-membered cyclic amide) rings is 1. The molecule has 2 heterocycles. The molecule has 0 radical (unpaired) electrons. The van der Waals surface area contributed by atoms with Crippen molar-refractivity contribution in [2.75, 3.05) is 6.61 Å². The molecule has 0 bridgehead atoms. The monoisotopic (exact) mass is 227 g/mol. The Morgan fingerprint density at radius 2 is 2.25 bits per heavy atom. The Hall–Kier alpha value is -1.56. The highest BCUT2D eigenvalue weighted by molar-refractivity contribution is 5.98. The van der Waals surface area contributed by atoms with Crippen LogP contribution in [0.5, 0.6) is 0 Å². The summed E-state index contributed by atoms with van der Waals surface area (Å²) in [4.78, 5) is 23.9. The highest BCUT2D eigenvalue weighted by Crippen LogP contribution is 2.37. The molecule has 0 aliphatic carbocycles. The Morgan fingerprint density at radius 1 is 1.62 bits per heavy atom. The van der Waals surface area contributed by atoms with Crippen LogP contribution in [0.2, 0.25) is 0 Å². The third kappa shape index (κ3) is 1.30. The van der Waals surface area contributed by atoms with E-state index in [-0.39, 0.29) is 30.0 Å². The van der Waals surface area contributed by atoms with Crippen molar-refractivity contribution in [2.45, 2.75) is 26.0 Å². The van der Waals surface area contributed by atoms with Crippen LogP contribution in [0.4, 0.5) is 0 Å². The highest BCUT2D eigenvalue weighted by atomic mass is 16.5. The Bertz CT molecular complexity index is 387. The van der Waals surface area contributed by atoms with Crippen LogP contribution in [0.3, 0.4) is 0 Å². The second-order valence-electron chi connectivity index (χ2n) is 4.06. The van der Waals surface area contributed by atoms with Gasteiger partial charge in [0.2, 0.25) is 5.91 Å². The summed E-state index contributed by atoms with van der Waals surface area (Å²) in [7, 11) is 0. The van der Waals surface area contributed by atoms with Gasteiger partial charge < -0.3 is 14.9 Å². The number of aliphatic hydroxyl groups is 1. The number of fused-ring (bicyclic) bond motifs is 1. The molecule has 16 heavy (non-hydrogen) atoms. The van der Waals surface area contributed by atoms with E-state index in [1.165, 1.54) is 18.7 Å². The summed E-state index contributed by atoms with van der Waals surface area (Å²) in [5.41, 5.74) is -0.113. The molecule has 6 nitrogen and oxygen atoms in total. The number of carboxylic acids is 1. The van der Waals surface area contributed by atoms with E-state index < -0.39 is 18.0 Å². The van der Waals surface area contributed by atoms with Gasteiger partial charge in [0.15, 0.2) is 5.70 Å². The molecule has 2 N–H and O–H groups in total. The van der Waals surface area contributed by atoms with Gasteiger partial charge in [-0.15, -0.1) is 0 Å². The SMILES string of the molecule is CC1=C(C(=O)O)N2C(=O)[C@H]([C@H](C)O)[C@H]2CO1. The van der Waals surface area contributed by atoms with Crippen LogP contribution >= 0.6 is 0 Å². The van der Waals surface area contributed by atoms with E-state index in [0.29, 0.717) is 0 Å². The third-order valence-corrected chi connectivity index (χ3v) is 3.04. The maximum Gasteiger partial charge on any atom is 0.356 e. The lowest BCUT2D eigenvalue weighted by molar-refractivity contribution is -0.171. The van der Waals surface area contributed by atoms with Crippen LogP contribution in [0.1, 0.15) is 13.8 Å². The van der Waals surface area contributed by atoms with Crippen molar-refractivity contribution in [3.63, 3.8) is 0 Å². The molecule has 1 amide bonds. The molecule has 0 spiro atoms. The molecule has 2 aliphatic heterocycles. The molecule has 0 aromatic rings. The first-order valence-electron chi connectivity index (χ1n) is 5.03. The number of carboxylic acid groups (broad SMARTS) is 1. The van der Waals surface area contributed by atoms with E-state index in [9.17, 15) is 14.7 Å². The Balaban J connectivity index is 2.31. The van der Waals surface area contributed by atoms with Crippen LogP contribution < -0.4 is 0 Å². The van der Waals surface area contributed by atoms with Gasteiger partial charge in [-0.25, -0.2) is 4.79 Å². The maximum absolute atomic E-state index is 11.7. The summed E-state index contributed by atoms with van der Waals surface area (Å²) in [5.74, 6) is -1.84. The number of ether oxygens (including phenoxy) is 1. The summed E-state index contributed by atoms with van der Waals surface area (Å²) in [6, 6.07) is -0.359. The van der Waals surface area contributed by atoms with Crippen molar-refractivity contribution in [2.24, 2.45) is 5.92 Å². The lowest BCUT2D eigenvalue weighted by Gasteiger charge is -2.50. The molecular formula is C10H13NO5. The number of carbonyl (C=O) groups is 2. The van der Waals surface area contributed by atoms with Crippen LogP contribution in [0.25, 0.3) is 0 Å². The van der Waals surface area contributed by atoms with Gasteiger partial charge in [0.05, 0.1) is 18.1 Å². The highest BCUT2D eigenvalue weighted by Gasteiger charge is 2.55. The normalized spacial score (nSPS) is 30.4. The molecule has 0 saturated carbocycles. The average Bonchev–Trinajstić information content (AvgIpc) is 2.17. The molecular weight excluding hydrogens is 214 g/mol. The van der Waals surface area contributed by atoms with Crippen LogP contribution in [-0.2, 0) is 14.3 Å². The minimum atomic E-state index is -1.18. The van der Waals surface area contributed by atoms with E-state index in [1.54, 1.807) is 0 Å². The lowest BCUT2D eigenvalue weighted by atomic mass is 9.82. The zero-order valence-electron chi connectivity index (χ0n) is 9.01. The maximum atomic E-state index is 11.7. The summed E-state index contributed by atoms with van der Waals surface area (Å²) in [5, 5.41) is 18.4. The number of aliphatic hydroxyl groups excluding tert-OH is 1. The first kappa shape index (κ1) is 10.9. The minimum absolute atomic E-state index is 0.113. The van der Waals surface area contributed by atoms with Crippen molar-refractivity contribution < 1.29 is 24.5 Å². The van der Waals surface area contributed by atoms with Gasteiger partial charge in [-0.3, -0.25) is 9.69 Å². The summed E-state index contributed by atoms with van der Waals surface area (Å²) < 4.78 is 5.21. The fraction of sp³-hybridized carbons (Fsp3) is 0.600. The second-order valence-corrected chi connectivity index (χ2v) is 4.06. The topological polar surface area (TPSA) is 87.1 Å². The first-order valence-corrected chi connectivity index (χ1v) is 5.03. The number of carbonyl (C=O) groups excluding carboxylic acids is 1. The summed E-state index contributed by atoms with van der Waals surface area (Å²) in [6.45, 7) is 3.28. The van der Waals surface area contributed by atoms with Gasteiger partial charge in [0, 0.05) is 0 Å². The largest absolute Gasteiger partial charge is 0.494 e. The van der Waals surface area contributed by atoms with Crippen molar-refractivity contribution in [1.29, 1.82) is 0 Å². The van der Waals surface area contributed by atoms with Crippen LogP contribution in [-0.4, -0.2) is 45.7 Å². The van der Waals surface area contributed by atoms with Crippen molar-refractivity contribution in [3.8, 4) is 0 Å². The smallest absolute Gasteiger partial charge is 0.356 e. The second kappa shape index (κ2) is 3.48. The van der Waals surface area contributed by atoms with Crippen LogP contribution in [0, 0.1) is 5.92 Å². The number of hydrogen-bond donors (Lipinski definition) is 2. The molecule has 1 fully saturated rings. The van der Waals surface area contributed by atoms with Crippen molar-refractivity contribution in [1.82, 2.24) is 4.90 Å². The van der Waals surface area contributed by atoms with Gasteiger partial charge in [-0.1, -0.05) is 0 Å². The predicted molar refractivity (Wildman–Crippen MR) is 52.1 cm³/mol. The number of aliphatic carboxylic acids is 1. The molecule has 0 unspecified atom stereocenters. The van der Waals surface area contributed by atoms with Gasteiger partial charge in [0.25, 0.3) is 0 Å². The van der Waals surface area contributed by atoms with Crippen molar-refractivity contribution >= 4 is 11.9 Å². The van der Waals surface area contributed by atoms with E-state index in [4.69, 9.17) is 9.84 Å². The molecule has 2 rings (SSSR count). The Morgan fingerprint density at radius 3 is 2.75 bits per heavy atom. The molecule has 0 aromatic carbocycles. The Labute approximate surface area is 92.1 Å². The fourth-order valence-electron chi connectivity index (χ4n) is 2.25. The number of rotatable bonds is 2. The zero-order chi connectivity index (χ0) is 12.0. The number of hydrogen-bond acceptors (Lipinski definition) is 4. The fourth-order valence-corrected chi connectivity index (χ4v) is 2.25. The number of allylic oxidation sites excluding steroid dienone is 1. The van der Waals surface area contributed by atoms with E-state index in [0.717, 1.165) is 0 Å². The summed E-state index contributed by atoms with van der Waals surface area (Å²) in [6.07, 6.45) is -0.786. The van der Waals surface area contributed by atoms with Gasteiger partial charge in [-0.05, 0) is 13.8 Å². The summed E-state index contributed by atoms with van der Waals surface area (Å²) >= 11 is 0. The predicted octanol–water partition coefficient (Wildman–Crippen LogP) is -0.460. The number of nitrogens with zero attached hydrogens (tertiary/aromatic N) is 1. The van der Waals surface area contributed by atoms with Gasteiger partial charge in [-0.2, -0.15) is 0 Å². The molecule has 2 aliphatic rings. The minimum Gasteiger partial charge on any atom is -0.494 e. The van der Waals surface area contributed by atoms with Gasteiger partial charge >= 0.3 is 5.97 Å². The average molecular weight is 227 g/mol. The van der Waals surface area contributed by atoms with E-state index >= 15 is 0 Å². The third-order valence-electron chi connectivity index (χ3n) is 3.04.